The summed E-state index contributed by atoms with van der Waals surface area (Å²) in [6.45, 7) is 0.213. The number of amides is 1. The van der Waals surface area contributed by atoms with Gasteiger partial charge in [-0.15, -0.1) is 0 Å². The van der Waals surface area contributed by atoms with E-state index in [0.29, 0.717) is 15.0 Å². The Morgan fingerprint density at radius 2 is 2.17 bits per heavy atom. The van der Waals surface area contributed by atoms with E-state index in [4.69, 9.17) is 17.0 Å². The van der Waals surface area contributed by atoms with E-state index in [1.807, 2.05) is 18.2 Å². The van der Waals surface area contributed by atoms with Crippen LogP contribution in [0.5, 0.6) is 5.75 Å². The number of carbonyl (C=O) groups is 2. The van der Waals surface area contributed by atoms with Gasteiger partial charge in [-0.2, -0.15) is 0 Å². The van der Waals surface area contributed by atoms with E-state index in [1.165, 1.54) is 23.8 Å². The summed E-state index contributed by atoms with van der Waals surface area (Å²) in [5, 5.41) is 0. The van der Waals surface area contributed by atoms with Crippen LogP contribution in [0.3, 0.4) is 0 Å². The van der Waals surface area contributed by atoms with Gasteiger partial charge in [0.05, 0.1) is 25.5 Å². The van der Waals surface area contributed by atoms with Gasteiger partial charge in [-0.3, -0.25) is 14.5 Å². The fourth-order valence-electron chi connectivity index (χ4n) is 1.96. The molecule has 122 valence electrons. The molecule has 1 saturated heterocycles. The van der Waals surface area contributed by atoms with E-state index < -0.39 is 0 Å². The molecule has 1 amide bonds. The average Bonchev–Trinajstić information content (AvgIpc) is 2.79. The van der Waals surface area contributed by atoms with Crippen molar-refractivity contribution >= 4 is 62.2 Å². The fourth-order valence-corrected chi connectivity index (χ4v) is 3.64. The summed E-state index contributed by atoms with van der Waals surface area (Å²) in [6.07, 6.45) is 1.84. The normalized spacial score (nSPS) is 16.1. The lowest BCUT2D eigenvalue weighted by Gasteiger charge is -2.13. The van der Waals surface area contributed by atoms with Gasteiger partial charge < -0.3 is 9.47 Å². The maximum absolute atomic E-state index is 12.5. The van der Waals surface area contributed by atoms with E-state index in [2.05, 4.69) is 20.7 Å². The molecule has 0 radical (unpaired) electrons. The van der Waals surface area contributed by atoms with Crippen molar-refractivity contribution in [2.75, 3.05) is 20.8 Å². The van der Waals surface area contributed by atoms with Crippen LogP contribution in [0.1, 0.15) is 12.0 Å². The molecule has 0 unspecified atom stereocenters. The largest absolute Gasteiger partial charge is 0.496 e. The predicted molar refractivity (Wildman–Crippen MR) is 97.2 cm³/mol. The molecule has 0 bridgehead atoms. The Morgan fingerprint density at radius 3 is 2.83 bits per heavy atom. The van der Waals surface area contributed by atoms with Gasteiger partial charge in [0.15, 0.2) is 0 Å². The molecule has 1 aliphatic heterocycles. The standard InChI is InChI=1S/C15H14BrNO4S2/c1-20-11-4-3-10(16)7-9(11)8-12-14(19)17(15(22)23-12)6-5-13(18)21-2/h3-4,7-8H,5-6H2,1-2H3/b12-8+. The molecular weight excluding hydrogens is 402 g/mol. The van der Waals surface area contributed by atoms with Crippen molar-refractivity contribution in [1.82, 2.24) is 4.90 Å². The second-order valence-corrected chi connectivity index (χ2v) is 7.14. The second-order valence-electron chi connectivity index (χ2n) is 4.55. The molecule has 0 saturated carbocycles. The lowest BCUT2D eigenvalue weighted by atomic mass is 10.2. The molecular formula is C15H14BrNO4S2. The first-order valence-corrected chi connectivity index (χ1v) is 8.63. The molecule has 1 fully saturated rings. The lowest BCUT2D eigenvalue weighted by molar-refractivity contribution is -0.140. The number of thioether (sulfide) groups is 1. The number of hydrogen-bond donors (Lipinski definition) is 0. The van der Waals surface area contributed by atoms with Crippen molar-refractivity contribution in [3.8, 4) is 5.75 Å². The molecule has 8 heteroatoms. The molecule has 1 aliphatic rings. The number of benzene rings is 1. The Kier molecular flexibility index (Phi) is 6.20. The van der Waals surface area contributed by atoms with Crippen LogP contribution in [0.2, 0.25) is 0 Å². The zero-order valence-electron chi connectivity index (χ0n) is 12.5. The molecule has 23 heavy (non-hydrogen) atoms. The Balaban J connectivity index is 2.22. The first-order chi connectivity index (χ1) is 11.0. The Morgan fingerprint density at radius 1 is 1.43 bits per heavy atom. The number of ether oxygens (including phenoxy) is 2. The summed E-state index contributed by atoms with van der Waals surface area (Å²) >= 11 is 9.83. The highest BCUT2D eigenvalue weighted by Gasteiger charge is 2.32. The van der Waals surface area contributed by atoms with E-state index in [1.54, 1.807) is 13.2 Å². The quantitative estimate of drug-likeness (QED) is 0.418. The van der Waals surface area contributed by atoms with Crippen molar-refractivity contribution in [2.45, 2.75) is 6.42 Å². The molecule has 0 N–H and O–H groups in total. The Bertz CT molecular complexity index is 690. The van der Waals surface area contributed by atoms with Crippen molar-refractivity contribution < 1.29 is 19.1 Å². The van der Waals surface area contributed by atoms with Crippen LogP contribution < -0.4 is 4.74 Å². The van der Waals surface area contributed by atoms with Crippen LogP contribution in [0.4, 0.5) is 0 Å². The number of carbonyl (C=O) groups excluding carboxylic acids is 2. The summed E-state index contributed by atoms with van der Waals surface area (Å²) in [7, 11) is 2.88. The topological polar surface area (TPSA) is 55.8 Å². The van der Waals surface area contributed by atoms with Crippen molar-refractivity contribution in [1.29, 1.82) is 0 Å². The van der Waals surface area contributed by atoms with E-state index in [0.717, 1.165) is 10.0 Å². The van der Waals surface area contributed by atoms with Gasteiger partial charge in [-0.05, 0) is 24.3 Å². The summed E-state index contributed by atoms with van der Waals surface area (Å²) < 4.78 is 11.2. The van der Waals surface area contributed by atoms with Gasteiger partial charge in [0.25, 0.3) is 5.91 Å². The molecule has 0 aromatic heterocycles. The minimum Gasteiger partial charge on any atom is -0.496 e. The van der Waals surface area contributed by atoms with Crippen LogP contribution in [0.15, 0.2) is 27.6 Å². The number of esters is 1. The highest BCUT2D eigenvalue weighted by molar-refractivity contribution is 9.10. The SMILES string of the molecule is COC(=O)CCN1C(=O)/C(=C\c2cc(Br)ccc2OC)SC1=S. The third kappa shape index (κ3) is 4.33. The molecule has 0 aliphatic carbocycles. The highest BCUT2D eigenvalue weighted by atomic mass is 79.9. The predicted octanol–water partition coefficient (Wildman–Crippen LogP) is 3.22. The van der Waals surface area contributed by atoms with Crippen LogP contribution in [0, 0.1) is 0 Å². The van der Waals surface area contributed by atoms with Crippen molar-refractivity contribution in [3.05, 3.63) is 33.1 Å². The first-order valence-electron chi connectivity index (χ1n) is 6.62. The zero-order chi connectivity index (χ0) is 17.0. The van der Waals surface area contributed by atoms with Crippen LogP contribution in [0.25, 0.3) is 6.08 Å². The Labute approximate surface area is 152 Å². The third-order valence-corrected chi connectivity index (χ3v) is 4.99. The highest BCUT2D eigenvalue weighted by Crippen LogP contribution is 2.35. The number of thiocarbonyl (C=S) groups is 1. The number of hydrogen-bond acceptors (Lipinski definition) is 6. The van der Waals surface area contributed by atoms with Crippen LogP contribution in [-0.4, -0.2) is 41.9 Å². The maximum atomic E-state index is 12.5. The van der Waals surface area contributed by atoms with Crippen molar-refractivity contribution in [3.63, 3.8) is 0 Å². The molecule has 1 aromatic carbocycles. The van der Waals surface area contributed by atoms with Gasteiger partial charge in [0, 0.05) is 16.6 Å². The number of halogens is 1. The van der Waals surface area contributed by atoms with Crippen LogP contribution >= 0.6 is 39.9 Å². The van der Waals surface area contributed by atoms with E-state index in [9.17, 15) is 9.59 Å². The number of rotatable bonds is 5. The second kappa shape index (κ2) is 7.94. The summed E-state index contributed by atoms with van der Waals surface area (Å²) in [5.41, 5.74) is 0.773. The molecule has 0 spiro atoms. The Hall–Kier alpha value is -1.38. The zero-order valence-corrected chi connectivity index (χ0v) is 15.7. The summed E-state index contributed by atoms with van der Waals surface area (Å²) in [6, 6.07) is 5.53. The molecule has 2 rings (SSSR count). The lowest BCUT2D eigenvalue weighted by Crippen LogP contribution is -2.30. The first kappa shape index (κ1) is 18.0. The van der Waals surface area contributed by atoms with Gasteiger partial charge in [-0.1, -0.05) is 39.9 Å². The van der Waals surface area contributed by atoms with Gasteiger partial charge in [0.1, 0.15) is 10.1 Å². The summed E-state index contributed by atoms with van der Waals surface area (Å²) in [4.78, 5) is 25.6. The minimum absolute atomic E-state index is 0.108. The molecule has 1 heterocycles. The van der Waals surface area contributed by atoms with E-state index in [-0.39, 0.29) is 24.8 Å². The average molecular weight is 416 g/mol. The van der Waals surface area contributed by atoms with Gasteiger partial charge in [0.2, 0.25) is 0 Å². The van der Waals surface area contributed by atoms with Gasteiger partial charge >= 0.3 is 5.97 Å². The molecule has 5 nitrogen and oxygen atoms in total. The van der Waals surface area contributed by atoms with Crippen LogP contribution in [-0.2, 0) is 14.3 Å². The fraction of sp³-hybridized carbons (Fsp3) is 0.267. The maximum Gasteiger partial charge on any atom is 0.307 e. The van der Waals surface area contributed by atoms with Crippen molar-refractivity contribution in [2.24, 2.45) is 0 Å². The molecule has 1 aromatic rings. The summed E-state index contributed by atoms with van der Waals surface area (Å²) in [5.74, 6) is 0.0654. The number of nitrogens with zero attached hydrogens (tertiary/aromatic N) is 1. The minimum atomic E-state index is -0.378. The monoisotopic (exact) mass is 415 g/mol. The molecule has 0 atom stereocenters. The smallest absolute Gasteiger partial charge is 0.307 e. The van der Waals surface area contributed by atoms with Gasteiger partial charge in [-0.25, -0.2) is 0 Å². The third-order valence-electron chi connectivity index (χ3n) is 3.12. The number of methoxy groups -OCH3 is 2. The van der Waals surface area contributed by atoms with E-state index >= 15 is 0 Å².